The Balaban J connectivity index is 2.55. The fourth-order valence-electron chi connectivity index (χ4n) is 1.35. The fraction of sp³-hybridized carbons (Fsp3) is 0.455. The first-order chi connectivity index (χ1) is 6.63. The van der Waals surface area contributed by atoms with E-state index >= 15 is 0 Å². The van der Waals surface area contributed by atoms with Gasteiger partial charge in [0.05, 0.1) is 11.9 Å². The van der Waals surface area contributed by atoms with Crippen molar-refractivity contribution >= 4 is 5.65 Å². The zero-order valence-electron chi connectivity index (χ0n) is 8.86. The van der Waals surface area contributed by atoms with Crippen molar-refractivity contribution in [3.63, 3.8) is 0 Å². The molecule has 0 aliphatic heterocycles. The Morgan fingerprint density at radius 3 is 2.86 bits per heavy atom. The summed E-state index contributed by atoms with van der Waals surface area (Å²) in [6.45, 7) is 6.60. The van der Waals surface area contributed by atoms with Crippen molar-refractivity contribution < 1.29 is 0 Å². The maximum Gasteiger partial charge on any atom is 0.155 e. The van der Waals surface area contributed by atoms with Crippen LogP contribution in [0.15, 0.2) is 24.8 Å². The van der Waals surface area contributed by atoms with E-state index in [2.05, 4.69) is 36.9 Å². The zero-order chi connectivity index (χ0) is 10.2. The molecule has 0 unspecified atom stereocenters. The quantitative estimate of drug-likeness (QED) is 0.726. The molecule has 0 aromatic carbocycles. The molecule has 0 atom stereocenters. The molecule has 0 radical (unpaired) electrons. The Kier molecular flexibility index (Phi) is 2.02. The molecule has 0 bridgehead atoms. The molecule has 0 saturated heterocycles. The highest BCUT2D eigenvalue weighted by Gasteiger charge is 2.21. The van der Waals surface area contributed by atoms with Crippen molar-refractivity contribution in [3.05, 3.63) is 30.5 Å². The number of fused-ring (bicyclic) bond motifs is 1. The molecule has 74 valence electrons. The van der Waals surface area contributed by atoms with Gasteiger partial charge in [-0.05, 0) is 6.42 Å². The fourth-order valence-corrected chi connectivity index (χ4v) is 1.35. The minimum Gasteiger partial charge on any atom is -0.304 e. The van der Waals surface area contributed by atoms with Crippen LogP contribution in [0.5, 0.6) is 0 Å². The summed E-state index contributed by atoms with van der Waals surface area (Å²) in [5.74, 6) is 0. The Morgan fingerprint density at radius 2 is 2.21 bits per heavy atom. The van der Waals surface area contributed by atoms with Crippen LogP contribution in [-0.4, -0.2) is 14.4 Å². The van der Waals surface area contributed by atoms with E-state index in [1.165, 1.54) is 0 Å². The largest absolute Gasteiger partial charge is 0.304 e. The number of hydrogen-bond donors (Lipinski definition) is 0. The summed E-state index contributed by atoms with van der Waals surface area (Å²) in [6.07, 6.45) is 8.66. The molecule has 0 aliphatic rings. The zero-order valence-corrected chi connectivity index (χ0v) is 8.86. The predicted octanol–water partition coefficient (Wildman–Crippen LogP) is 2.42. The maximum atomic E-state index is 4.56. The SMILES string of the molecule is CCC(C)(C)c1cn2ccncc2n1. The number of hydrogen-bond acceptors (Lipinski definition) is 2. The van der Waals surface area contributed by atoms with Gasteiger partial charge < -0.3 is 4.40 Å². The monoisotopic (exact) mass is 189 g/mol. The van der Waals surface area contributed by atoms with Gasteiger partial charge in [0.25, 0.3) is 0 Å². The van der Waals surface area contributed by atoms with Crippen LogP contribution < -0.4 is 0 Å². The van der Waals surface area contributed by atoms with Gasteiger partial charge in [-0.2, -0.15) is 0 Å². The molecule has 3 nitrogen and oxygen atoms in total. The number of rotatable bonds is 2. The van der Waals surface area contributed by atoms with Gasteiger partial charge in [-0.1, -0.05) is 20.8 Å². The Labute approximate surface area is 83.8 Å². The highest BCUT2D eigenvalue weighted by molar-refractivity contribution is 5.38. The van der Waals surface area contributed by atoms with Crippen LogP contribution in [0.25, 0.3) is 5.65 Å². The molecule has 0 spiro atoms. The van der Waals surface area contributed by atoms with Crippen LogP contribution in [0.2, 0.25) is 0 Å². The Morgan fingerprint density at radius 1 is 1.43 bits per heavy atom. The van der Waals surface area contributed by atoms with Gasteiger partial charge in [0.1, 0.15) is 0 Å². The molecule has 2 aromatic heterocycles. The molecule has 3 heteroatoms. The first kappa shape index (κ1) is 9.19. The first-order valence-corrected chi connectivity index (χ1v) is 4.92. The molecule has 0 N–H and O–H groups in total. The highest BCUT2D eigenvalue weighted by atomic mass is 15.0. The van der Waals surface area contributed by atoms with Crippen LogP contribution in [0, 0.1) is 0 Å². The lowest BCUT2D eigenvalue weighted by Crippen LogP contribution is -2.15. The third-order valence-electron chi connectivity index (χ3n) is 2.84. The van der Waals surface area contributed by atoms with Crippen molar-refractivity contribution in [2.24, 2.45) is 0 Å². The lowest BCUT2D eigenvalue weighted by atomic mass is 9.87. The average Bonchev–Trinajstić information content (AvgIpc) is 2.61. The van der Waals surface area contributed by atoms with Gasteiger partial charge in [-0.15, -0.1) is 0 Å². The Hall–Kier alpha value is -1.38. The van der Waals surface area contributed by atoms with Gasteiger partial charge in [-0.3, -0.25) is 4.98 Å². The third kappa shape index (κ3) is 1.39. The summed E-state index contributed by atoms with van der Waals surface area (Å²) < 4.78 is 2.01. The first-order valence-electron chi connectivity index (χ1n) is 4.92. The molecule has 0 aliphatic carbocycles. The van der Waals surface area contributed by atoms with Crippen LogP contribution in [0.4, 0.5) is 0 Å². The van der Waals surface area contributed by atoms with Crippen molar-refractivity contribution in [1.29, 1.82) is 0 Å². The molecule has 0 amide bonds. The summed E-state index contributed by atoms with van der Waals surface area (Å²) in [6, 6.07) is 0. The Bertz CT molecular complexity index is 409. The molecule has 2 aromatic rings. The van der Waals surface area contributed by atoms with Crippen LogP contribution >= 0.6 is 0 Å². The molecule has 0 saturated carbocycles. The second-order valence-corrected chi connectivity index (χ2v) is 4.21. The summed E-state index contributed by atoms with van der Waals surface area (Å²) >= 11 is 0. The van der Waals surface area contributed by atoms with Crippen LogP contribution in [0.3, 0.4) is 0 Å². The van der Waals surface area contributed by atoms with E-state index in [9.17, 15) is 0 Å². The van der Waals surface area contributed by atoms with E-state index in [1.807, 2.05) is 10.6 Å². The molecule has 2 rings (SSSR count). The number of imidazole rings is 1. The van der Waals surface area contributed by atoms with Crippen LogP contribution in [-0.2, 0) is 5.41 Å². The van der Waals surface area contributed by atoms with Crippen molar-refractivity contribution in [2.75, 3.05) is 0 Å². The summed E-state index contributed by atoms with van der Waals surface area (Å²) in [7, 11) is 0. The highest BCUT2D eigenvalue weighted by Crippen LogP contribution is 2.25. The molecule has 0 fully saturated rings. The van der Waals surface area contributed by atoms with E-state index in [4.69, 9.17) is 0 Å². The minimum absolute atomic E-state index is 0.145. The third-order valence-corrected chi connectivity index (χ3v) is 2.84. The second-order valence-electron chi connectivity index (χ2n) is 4.21. The standard InChI is InChI=1S/C11H15N3/c1-4-11(2,3)9-8-14-6-5-12-7-10(14)13-9/h5-8H,4H2,1-3H3. The molecular formula is C11H15N3. The van der Waals surface area contributed by atoms with Gasteiger partial charge >= 0.3 is 0 Å². The average molecular weight is 189 g/mol. The van der Waals surface area contributed by atoms with E-state index in [-0.39, 0.29) is 5.41 Å². The van der Waals surface area contributed by atoms with E-state index < -0.39 is 0 Å². The van der Waals surface area contributed by atoms with Crippen molar-refractivity contribution in [1.82, 2.24) is 14.4 Å². The van der Waals surface area contributed by atoms with E-state index in [0.717, 1.165) is 17.8 Å². The smallest absolute Gasteiger partial charge is 0.155 e. The summed E-state index contributed by atoms with van der Waals surface area (Å²) in [5, 5.41) is 0. The second kappa shape index (κ2) is 3.08. The summed E-state index contributed by atoms with van der Waals surface area (Å²) in [4.78, 5) is 8.61. The number of nitrogens with zero attached hydrogens (tertiary/aromatic N) is 3. The lowest BCUT2D eigenvalue weighted by molar-refractivity contribution is 0.493. The van der Waals surface area contributed by atoms with Gasteiger partial charge in [0.2, 0.25) is 0 Å². The number of aromatic nitrogens is 3. The van der Waals surface area contributed by atoms with Crippen LogP contribution in [0.1, 0.15) is 32.9 Å². The van der Waals surface area contributed by atoms with E-state index in [1.54, 1.807) is 12.4 Å². The molecule has 14 heavy (non-hydrogen) atoms. The van der Waals surface area contributed by atoms with Gasteiger partial charge in [-0.25, -0.2) is 4.98 Å². The lowest BCUT2D eigenvalue weighted by Gasteiger charge is -2.19. The predicted molar refractivity (Wildman–Crippen MR) is 56.3 cm³/mol. The molecule has 2 heterocycles. The maximum absolute atomic E-state index is 4.56. The normalized spacial score (nSPS) is 12.2. The van der Waals surface area contributed by atoms with Gasteiger partial charge in [0.15, 0.2) is 5.65 Å². The topological polar surface area (TPSA) is 30.2 Å². The molecular weight excluding hydrogens is 174 g/mol. The van der Waals surface area contributed by atoms with E-state index in [0.29, 0.717) is 0 Å². The minimum atomic E-state index is 0.145. The summed E-state index contributed by atoms with van der Waals surface area (Å²) in [5.41, 5.74) is 2.20. The van der Waals surface area contributed by atoms with Crippen molar-refractivity contribution in [2.45, 2.75) is 32.6 Å². The van der Waals surface area contributed by atoms with Crippen molar-refractivity contribution in [3.8, 4) is 0 Å². The van der Waals surface area contributed by atoms with Gasteiger partial charge in [0, 0.05) is 24.0 Å².